The Hall–Kier alpha value is -0.940. The molecule has 3 nitrogen and oxygen atoms in total. The molecule has 0 saturated carbocycles. The predicted octanol–water partition coefficient (Wildman–Crippen LogP) is 1.28. The van der Waals surface area contributed by atoms with Crippen molar-refractivity contribution in [3.8, 4) is 0 Å². The third-order valence-electron chi connectivity index (χ3n) is 3.09. The van der Waals surface area contributed by atoms with Gasteiger partial charge in [0.15, 0.2) is 0 Å². The van der Waals surface area contributed by atoms with Crippen LogP contribution in [0.5, 0.6) is 0 Å². The summed E-state index contributed by atoms with van der Waals surface area (Å²) < 4.78 is 25.3. The monoisotopic (exact) mass is 270 g/mol. The smallest absolute Gasteiger partial charge is 0.146 e. The van der Waals surface area contributed by atoms with E-state index in [1.807, 2.05) is 17.9 Å². The van der Waals surface area contributed by atoms with Crippen LogP contribution >= 0.6 is 0 Å². The summed E-state index contributed by atoms with van der Waals surface area (Å²) >= 11 is 0. The van der Waals surface area contributed by atoms with Gasteiger partial charge >= 0.3 is 0 Å². The SMILES string of the molecule is CC(N)Cc1ccc(N2CCS(=O)CC2)c(F)c1. The van der Waals surface area contributed by atoms with Crippen LogP contribution in [0.3, 0.4) is 0 Å². The number of rotatable bonds is 3. The lowest BCUT2D eigenvalue weighted by Crippen LogP contribution is -2.38. The van der Waals surface area contributed by atoms with Crippen molar-refractivity contribution in [3.05, 3.63) is 29.6 Å². The van der Waals surface area contributed by atoms with Gasteiger partial charge in [0, 0.05) is 41.4 Å². The molecule has 2 rings (SSSR count). The van der Waals surface area contributed by atoms with Gasteiger partial charge in [-0.3, -0.25) is 4.21 Å². The van der Waals surface area contributed by atoms with Crippen molar-refractivity contribution < 1.29 is 8.60 Å². The van der Waals surface area contributed by atoms with E-state index in [-0.39, 0.29) is 11.9 Å². The molecule has 0 radical (unpaired) electrons. The first-order valence-electron chi connectivity index (χ1n) is 6.20. The molecule has 100 valence electrons. The van der Waals surface area contributed by atoms with E-state index >= 15 is 0 Å². The van der Waals surface area contributed by atoms with Crippen LogP contribution < -0.4 is 10.6 Å². The summed E-state index contributed by atoms with van der Waals surface area (Å²) in [6.45, 7) is 3.23. The van der Waals surface area contributed by atoms with E-state index in [0.717, 1.165) is 5.56 Å². The van der Waals surface area contributed by atoms with Crippen LogP contribution in [0.25, 0.3) is 0 Å². The van der Waals surface area contributed by atoms with Gasteiger partial charge in [0.2, 0.25) is 0 Å². The number of halogens is 1. The van der Waals surface area contributed by atoms with Gasteiger partial charge < -0.3 is 10.6 Å². The average molecular weight is 270 g/mol. The molecule has 0 aliphatic carbocycles. The van der Waals surface area contributed by atoms with Crippen LogP contribution in [0.2, 0.25) is 0 Å². The molecule has 1 saturated heterocycles. The molecule has 1 aliphatic rings. The minimum Gasteiger partial charge on any atom is -0.367 e. The number of nitrogens with zero attached hydrogens (tertiary/aromatic N) is 1. The Labute approximate surface area is 110 Å². The molecular weight excluding hydrogens is 251 g/mol. The van der Waals surface area contributed by atoms with Crippen LogP contribution in [-0.4, -0.2) is 34.8 Å². The van der Waals surface area contributed by atoms with Gasteiger partial charge in [0.1, 0.15) is 5.82 Å². The summed E-state index contributed by atoms with van der Waals surface area (Å²) in [4.78, 5) is 1.96. The van der Waals surface area contributed by atoms with Crippen LogP contribution in [0.4, 0.5) is 10.1 Å². The van der Waals surface area contributed by atoms with E-state index in [1.165, 1.54) is 0 Å². The Kier molecular flexibility index (Phi) is 4.35. The maximum Gasteiger partial charge on any atom is 0.146 e. The molecule has 1 fully saturated rings. The number of anilines is 1. The van der Waals surface area contributed by atoms with E-state index in [1.54, 1.807) is 12.1 Å². The van der Waals surface area contributed by atoms with Gasteiger partial charge in [-0.1, -0.05) is 6.07 Å². The molecular formula is C13H19FN2OS. The van der Waals surface area contributed by atoms with Crippen LogP contribution in [-0.2, 0) is 17.2 Å². The molecule has 1 aromatic rings. The molecule has 2 N–H and O–H groups in total. The fourth-order valence-electron chi connectivity index (χ4n) is 2.18. The molecule has 1 unspecified atom stereocenters. The molecule has 0 amide bonds. The minimum atomic E-state index is -0.734. The van der Waals surface area contributed by atoms with Gasteiger partial charge in [-0.05, 0) is 31.0 Å². The molecule has 5 heteroatoms. The highest BCUT2D eigenvalue weighted by molar-refractivity contribution is 7.85. The van der Waals surface area contributed by atoms with E-state index in [4.69, 9.17) is 5.73 Å². The molecule has 1 atom stereocenters. The van der Waals surface area contributed by atoms with Crippen molar-refractivity contribution >= 4 is 16.5 Å². The quantitative estimate of drug-likeness (QED) is 0.900. The van der Waals surface area contributed by atoms with Gasteiger partial charge in [0.05, 0.1) is 5.69 Å². The van der Waals surface area contributed by atoms with Crippen molar-refractivity contribution in [3.63, 3.8) is 0 Å². The number of benzene rings is 1. The maximum atomic E-state index is 14.0. The van der Waals surface area contributed by atoms with E-state index in [0.29, 0.717) is 36.7 Å². The summed E-state index contributed by atoms with van der Waals surface area (Å²) in [6.07, 6.45) is 0.682. The van der Waals surface area contributed by atoms with Crippen molar-refractivity contribution in [1.82, 2.24) is 0 Å². The summed E-state index contributed by atoms with van der Waals surface area (Å²) in [5.74, 6) is 1.04. The zero-order chi connectivity index (χ0) is 13.1. The van der Waals surface area contributed by atoms with E-state index < -0.39 is 10.8 Å². The first-order valence-corrected chi connectivity index (χ1v) is 7.69. The highest BCUT2D eigenvalue weighted by Crippen LogP contribution is 2.22. The van der Waals surface area contributed by atoms with Gasteiger partial charge in [-0.2, -0.15) is 0 Å². The van der Waals surface area contributed by atoms with Crippen molar-refractivity contribution in [2.24, 2.45) is 5.73 Å². The van der Waals surface area contributed by atoms with Gasteiger partial charge in [-0.15, -0.1) is 0 Å². The topological polar surface area (TPSA) is 46.3 Å². The second kappa shape index (κ2) is 5.80. The first kappa shape index (κ1) is 13.5. The largest absolute Gasteiger partial charge is 0.367 e. The summed E-state index contributed by atoms with van der Waals surface area (Å²) in [6, 6.07) is 5.33. The Bertz CT molecular complexity index is 441. The van der Waals surface area contributed by atoms with Crippen molar-refractivity contribution in [2.45, 2.75) is 19.4 Å². The lowest BCUT2D eigenvalue weighted by molar-refractivity contribution is 0.613. The number of nitrogens with two attached hydrogens (primary N) is 1. The Morgan fingerprint density at radius 2 is 2.11 bits per heavy atom. The molecule has 0 spiro atoms. The minimum absolute atomic E-state index is 0.0349. The Morgan fingerprint density at radius 3 is 2.67 bits per heavy atom. The van der Waals surface area contributed by atoms with Crippen LogP contribution in [0.1, 0.15) is 12.5 Å². The molecule has 0 bridgehead atoms. The molecule has 1 aromatic carbocycles. The molecule has 1 heterocycles. The third kappa shape index (κ3) is 3.29. The fraction of sp³-hybridized carbons (Fsp3) is 0.538. The molecule has 0 aromatic heterocycles. The van der Waals surface area contributed by atoms with Crippen molar-refractivity contribution in [2.75, 3.05) is 29.5 Å². The van der Waals surface area contributed by atoms with Crippen molar-refractivity contribution in [1.29, 1.82) is 0 Å². The van der Waals surface area contributed by atoms with E-state index in [9.17, 15) is 8.60 Å². The fourth-order valence-corrected chi connectivity index (χ4v) is 3.24. The Morgan fingerprint density at radius 1 is 1.44 bits per heavy atom. The Balaban J connectivity index is 2.12. The number of hydrogen-bond donors (Lipinski definition) is 1. The normalized spacial score (nSPS) is 18.9. The standard InChI is InChI=1S/C13H19FN2OS/c1-10(15)8-11-2-3-13(12(14)9-11)16-4-6-18(17)7-5-16/h2-3,9-10H,4-8,15H2,1H3. The lowest BCUT2D eigenvalue weighted by Gasteiger charge is -2.28. The highest BCUT2D eigenvalue weighted by atomic mass is 32.2. The predicted molar refractivity (Wildman–Crippen MR) is 73.8 cm³/mol. The highest BCUT2D eigenvalue weighted by Gasteiger charge is 2.18. The molecule has 1 aliphatic heterocycles. The zero-order valence-electron chi connectivity index (χ0n) is 10.6. The third-order valence-corrected chi connectivity index (χ3v) is 4.36. The average Bonchev–Trinajstić information content (AvgIpc) is 2.30. The summed E-state index contributed by atoms with van der Waals surface area (Å²) in [5.41, 5.74) is 7.24. The lowest BCUT2D eigenvalue weighted by atomic mass is 10.1. The van der Waals surface area contributed by atoms with Gasteiger partial charge in [-0.25, -0.2) is 4.39 Å². The summed E-state index contributed by atoms with van der Waals surface area (Å²) in [7, 11) is -0.734. The second-order valence-corrected chi connectivity index (χ2v) is 6.50. The maximum absolute atomic E-state index is 14.0. The zero-order valence-corrected chi connectivity index (χ0v) is 11.4. The van der Waals surface area contributed by atoms with Crippen LogP contribution in [0, 0.1) is 5.82 Å². The summed E-state index contributed by atoms with van der Waals surface area (Å²) in [5, 5.41) is 0. The second-order valence-electron chi connectivity index (χ2n) is 4.80. The molecule has 18 heavy (non-hydrogen) atoms. The first-order chi connectivity index (χ1) is 8.56. The van der Waals surface area contributed by atoms with E-state index in [2.05, 4.69) is 0 Å². The number of hydrogen-bond acceptors (Lipinski definition) is 3. The van der Waals surface area contributed by atoms with Gasteiger partial charge in [0.25, 0.3) is 0 Å². The van der Waals surface area contributed by atoms with Crippen LogP contribution in [0.15, 0.2) is 18.2 Å².